The Balaban J connectivity index is 0.000000395. The minimum Gasteiger partial charge on any atom is -0.480 e. The fourth-order valence-electron chi connectivity index (χ4n) is 4.33. The first kappa shape index (κ1) is 34.2. The number of nitrogens with one attached hydrogen (secondary N) is 2. The molecule has 0 saturated heterocycles. The van der Waals surface area contributed by atoms with E-state index in [4.69, 9.17) is 19.3 Å². The van der Waals surface area contributed by atoms with Crippen molar-refractivity contribution in [2.75, 3.05) is 6.61 Å². The number of carbonyl (C=O) groups is 4. The zero-order chi connectivity index (χ0) is 30.0. The molecule has 12 heteroatoms. The van der Waals surface area contributed by atoms with E-state index in [1.165, 1.54) is 0 Å². The molecule has 5 N–H and O–H groups in total. The van der Waals surface area contributed by atoms with Crippen molar-refractivity contribution in [3.63, 3.8) is 0 Å². The molecule has 2 amide bonds. The molecule has 39 heavy (non-hydrogen) atoms. The van der Waals surface area contributed by atoms with E-state index in [1.54, 1.807) is 47.6 Å². The van der Waals surface area contributed by atoms with Crippen molar-refractivity contribution < 1.29 is 48.7 Å². The van der Waals surface area contributed by atoms with Gasteiger partial charge in [0, 0.05) is 0 Å². The highest BCUT2D eigenvalue weighted by Gasteiger charge is 2.37. The quantitative estimate of drug-likeness (QED) is 0.263. The normalized spacial score (nSPS) is 24.4. The Morgan fingerprint density at radius 2 is 1.21 bits per heavy atom. The van der Waals surface area contributed by atoms with E-state index in [9.17, 15) is 29.4 Å². The van der Waals surface area contributed by atoms with Crippen LogP contribution in [0.1, 0.15) is 80.1 Å². The molecular weight excluding hydrogens is 512 g/mol. The lowest BCUT2D eigenvalue weighted by atomic mass is 9.87. The molecule has 0 aromatic rings. The number of carbonyl (C=O) groups excluding carboxylic acids is 2. The SMILES string of the molecule is C=CCO[C@@H]1CCC[C@H]1OC(=O)N[C@H](C(=O)O)C(C)(C)C.CC(C)(C)[C@H](NC(=O)O[C@@H]1CCC[C@H]1O)C(=O)O. The Morgan fingerprint density at radius 1 is 0.795 bits per heavy atom. The molecule has 0 radical (unpaired) electrons. The van der Waals surface area contributed by atoms with Crippen LogP contribution in [-0.4, -0.2) is 82.6 Å². The van der Waals surface area contributed by atoms with Gasteiger partial charge < -0.3 is 40.2 Å². The van der Waals surface area contributed by atoms with Gasteiger partial charge in [0.1, 0.15) is 24.3 Å². The van der Waals surface area contributed by atoms with Gasteiger partial charge in [0.2, 0.25) is 0 Å². The molecule has 0 heterocycles. The van der Waals surface area contributed by atoms with Gasteiger partial charge in [-0.1, -0.05) is 47.6 Å². The van der Waals surface area contributed by atoms with Crippen LogP contribution < -0.4 is 10.6 Å². The summed E-state index contributed by atoms with van der Waals surface area (Å²) in [5, 5.41) is 32.5. The molecule has 12 nitrogen and oxygen atoms in total. The van der Waals surface area contributed by atoms with Gasteiger partial charge >= 0.3 is 24.1 Å². The number of amides is 2. The number of ether oxygens (including phenoxy) is 3. The van der Waals surface area contributed by atoms with E-state index in [1.807, 2.05) is 0 Å². The first-order valence-corrected chi connectivity index (χ1v) is 13.3. The molecule has 0 aromatic heterocycles. The zero-order valence-corrected chi connectivity index (χ0v) is 23.9. The minimum absolute atomic E-state index is 0.147. The van der Waals surface area contributed by atoms with Crippen molar-refractivity contribution in [3.05, 3.63) is 12.7 Å². The van der Waals surface area contributed by atoms with Crippen LogP contribution in [-0.2, 0) is 23.8 Å². The maximum Gasteiger partial charge on any atom is 0.408 e. The average molecular weight is 559 g/mol. The molecule has 0 unspecified atom stereocenters. The lowest BCUT2D eigenvalue weighted by molar-refractivity contribution is -0.143. The van der Waals surface area contributed by atoms with Crippen molar-refractivity contribution in [3.8, 4) is 0 Å². The lowest BCUT2D eigenvalue weighted by Crippen LogP contribution is -2.50. The summed E-state index contributed by atoms with van der Waals surface area (Å²) in [5.74, 6) is -2.18. The van der Waals surface area contributed by atoms with Crippen LogP contribution in [0.4, 0.5) is 9.59 Å². The smallest absolute Gasteiger partial charge is 0.408 e. The molecule has 2 saturated carbocycles. The van der Waals surface area contributed by atoms with Gasteiger partial charge in [-0.25, -0.2) is 19.2 Å². The second kappa shape index (κ2) is 15.1. The number of hydrogen-bond acceptors (Lipinski definition) is 8. The first-order chi connectivity index (χ1) is 18.0. The predicted molar refractivity (Wildman–Crippen MR) is 142 cm³/mol. The van der Waals surface area contributed by atoms with Crippen molar-refractivity contribution in [2.45, 2.75) is 117 Å². The van der Waals surface area contributed by atoms with Crippen LogP contribution in [0.2, 0.25) is 0 Å². The highest BCUT2D eigenvalue weighted by molar-refractivity contribution is 5.81. The van der Waals surface area contributed by atoms with E-state index in [2.05, 4.69) is 17.2 Å². The van der Waals surface area contributed by atoms with Crippen molar-refractivity contribution in [1.29, 1.82) is 0 Å². The molecule has 0 spiro atoms. The van der Waals surface area contributed by atoms with E-state index in [-0.39, 0.29) is 12.2 Å². The molecule has 2 aliphatic carbocycles. The molecule has 0 aliphatic heterocycles. The summed E-state index contributed by atoms with van der Waals surface area (Å²) in [7, 11) is 0. The fraction of sp³-hybridized carbons (Fsp3) is 0.778. The number of aliphatic hydroxyl groups excluding tert-OH is 1. The molecule has 0 bridgehead atoms. The second-order valence-electron chi connectivity index (χ2n) is 12.0. The highest BCUT2D eigenvalue weighted by atomic mass is 16.6. The molecule has 224 valence electrons. The number of alkyl carbamates (subject to hydrolysis) is 2. The standard InChI is InChI=1S/C15H25NO5.C12H21NO5/c1-5-9-20-10-7-6-8-11(10)21-14(19)16-12(13(17)18)15(2,3)4;1-12(2,3)9(10(15)16)13-11(17)18-8-6-4-5-7(8)14/h5,10-12H,1,6-9H2,2-4H3,(H,16,19)(H,17,18);7-9,14H,4-6H2,1-3H3,(H,13,17)(H,15,16)/t10-,11-,12-;7-,8-,9-/m11/s1. The van der Waals surface area contributed by atoms with E-state index in [0.717, 1.165) is 25.7 Å². The molecular formula is C27H46N2O10. The maximum atomic E-state index is 11.9. The molecule has 2 fully saturated rings. The van der Waals surface area contributed by atoms with Crippen LogP contribution in [0.3, 0.4) is 0 Å². The summed E-state index contributed by atoms with van der Waals surface area (Å²) in [5.41, 5.74) is -1.21. The summed E-state index contributed by atoms with van der Waals surface area (Å²) in [6.45, 7) is 14.4. The Bertz CT molecular complexity index is 848. The van der Waals surface area contributed by atoms with Crippen LogP contribution in [0.25, 0.3) is 0 Å². The molecule has 0 aromatic carbocycles. The fourth-order valence-corrected chi connectivity index (χ4v) is 4.33. The van der Waals surface area contributed by atoms with Gasteiger partial charge in [-0.3, -0.25) is 0 Å². The number of carboxylic acids is 2. The van der Waals surface area contributed by atoms with Gasteiger partial charge in [0.05, 0.1) is 18.8 Å². The lowest BCUT2D eigenvalue weighted by Gasteiger charge is -2.28. The van der Waals surface area contributed by atoms with Crippen LogP contribution >= 0.6 is 0 Å². The van der Waals surface area contributed by atoms with Crippen LogP contribution in [0.5, 0.6) is 0 Å². The number of rotatable bonds is 9. The van der Waals surface area contributed by atoms with Gasteiger partial charge in [-0.15, -0.1) is 6.58 Å². The summed E-state index contributed by atoms with van der Waals surface area (Å²) in [4.78, 5) is 45.8. The van der Waals surface area contributed by atoms with E-state index >= 15 is 0 Å². The third-order valence-corrected chi connectivity index (χ3v) is 6.50. The van der Waals surface area contributed by atoms with Gasteiger partial charge in [0.15, 0.2) is 0 Å². The monoisotopic (exact) mass is 558 g/mol. The van der Waals surface area contributed by atoms with Crippen molar-refractivity contribution in [2.24, 2.45) is 10.8 Å². The highest BCUT2D eigenvalue weighted by Crippen LogP contribution is 2.26. The summed E-state index contributed by atoms with van der Waals surface area (Å²) in [6, 6.07) is -2.03. The van der Waals surface area contributed by atoms with E-state index in [0.29, 0.717) is 19.4 Å². The van der Waals surface area contributed by atoms with Gasteiger partial charge in [-0.05, 0) is 49.4 Å². The first-order valence-electron chi connectivity index (χ1n) is 13.3. The second-order valence-corrected chi connectivity index (χ2v) is 12.0. The summed E-state index contributed by atoms with van der Waals surface area (Å²) in [6.07, 6.45) is 2.99. The largest absolute Gasteiger partial charge is 0.480 e. The number of aliphatic hydroxyl groups is 1. The number of carboxylic acid groups (broad SMARTS) is 2. The maximum absolute atomic E-state index is 11.9. The topological polar surface area (TPSA) is 181 Å². The average Bonchev–Trinajstić information content (AvgIpc) is 3.41. The Labute approximate surface area is 230 Å². The Hall–Kier alpha value is -2.86. The van der Waals surface area contributed by atoms with Gasteiger partial charge in [0.25, 0.3) is 0 Å². The van der Waals surface area contributed by atoms with Crippen LogP contribution in [0.15, 0.2) is 12.7 Å². The summed E-state index contributed by atoms with van der Waals surface area (Å²) >= 11 is 0. The third kappa shape index (κ3) is 11.8. The molecule has 2 aliphatic rings. The Kier molecular flexibility index (Phi) is 13.2. The van der Waals surface area contributed by atoms with Crippen molar-refractivity contribution in [1.82, 2.24) is 10.6 Å². The van der Waals surface area contributed by atoms with E-state index < -0.39 is 59.2 Å². The molecule has 2 rings (SSSR count). The molecule has 6 atom stereocenters. The predicted octanol–water partition coefficient (Wildman–Crippen LogP) is 3.46. The van der Waals surface area contributed by atoms with Crippen LogP contribution in [0, 0.1) is 10.8 Å². The Morgan fingerprint density at radius 3 is 1.59 bits per heavy atom. The summed E-state index contributed by atoms with van der Waals surface area (Å²) < 4.78 is 15.9. The number of aliphatic carboxylic acids is 2. The van der Waals surface area contributed by atoms with Gasteiger partial charge in [-0.2, -0.15) is 0 Å². The van der Waals surface area contributed by atoms with Crippen molar-refractivity contribution >= 4 is 24.1 Å². The third-order valence-electron chi connectivity index (χ3n) is 6.50. The zero-order valence-electron chi connectivity index (χ0n) is 23.9. The number of hydrogen-bond donors (Lipinski definition) is 5. The minimum atomic E-state index is -1.11.